The summed E-state index contributed by atoms with van der Waals surface area (Å²) in [4.78, 5) is 15.1. The molecule has 1 atom stereocenters. The minimum absolute atomic E-state index is 0.213. The molecule has 0 aliphatic carbocycles. The van der Waals surface area contributed by atoms with Crippen molar-refractivity contribution in [3.05, 3.63) is 61.5 Å². The second kappa shape index (κ2) is 8.73. The molecule has 6 nitrogen and oxygen atoms in total. The fourth-order valence-electron chi connectivity index (χ4n) is 3.89. The Bertz CT molecular complexity index is 1080. The van der Waals surface area contributed by atoms with E-state index in [1.165, 1.54) is 0 Å². The molecule has 156 valence electrons. The summed E-state index contributed by atoms with van der Waals surface area (Å²) in [7, 11) is 0. The molecule has 0 spiro atoms. The van der Waals surface area contributed by atoms with Crippen molar-refractivity contribution in [1.29, 1.82) is 0 Å². The Morgan fingerprint density at radius 1 is 1.31 bits per heavy atom. The van der Waals surface area contributed by atoms with E-state index in [0.29, 0.717) is 17.4 Å². The Hall–Kier alpha value is -2.09. The summed E-state index contributed by atoms with van der Waals surface area (Å²) in [5, 5.41) is 15.1. The summed E-state index contributed by atoms with van der Waals surface area (Å²) in [5.41, 5.74) is 10.1. The number of aromatic amines is 1. The zero-order valence-electron chi connectivity index (χ0n) is 17.3. The molecule has 0 amide bonds. The number of anilines is 1. The van der Waals surface area contributed by atoms with E-state index in [1.54, 1.807) is 6.07 Å². The van der Waals surface area contributed by atoms with Gasteiger partial charge in [0.2, 0.25) is 0 Å². The molecule has 0 aliphatic heterocycles. The van der Waals surface area contributed by atoms with Crippen LogP contribution in [0.3, 0.4) is 0 Å². The van der Waals surface area contributed by atoms with Gasteiger partial charge in [-0.2, -0.15) is 0 Å². The molecule has 29 heavy (non-hydrogen) atoms. The number of benzene rings is 1. The Morgan fingerprint density at radius 2 is 2.03 bits per heavy atom. The minimum atomic E-state index is -0.914. The fraction of sp³-hybridized carbons (Fsp3) is 0.409. The van der Waals surface area contributed by atoms with Gasteiger partial charge in [0.15, 0.2) is 0 Å². The lowest BCUT2D eigenvalue weighted by Crippen LogP contribution is -2.27. The number of nitrogen functional groups attached to an aromatic ring is 1. The number of hydrogen-bond donors (Lipinski definition) is 4. The highest BCUT2D eigenvalue weighted by atomic mass is 79.9. The van der Waals surface area contributed by atoms with Gasteiger partial charge in [-0.1, -0.05) is 29.3 Å². The van der Waals surface area contributed by atoms with E-state index in [2.05, 4.69) is 70.8 Å². The molecule has 0 radical (unpaired) electrons. The number of hydrogen-bond acceptors (Lipinski definition) is 4. The number of H-pyrrole nitrogens is 1. The van der Waals surface area contributed by atoms with Crippen molar-refractivity contribution < 1.29 is 5.11 Å². The number of nitrogens with one attached hydrogen (secondary N) is 2. The molecule has 1 aromatic carbocycles. The highest BCUT2D eigenvalue weighted by Gasteiger charge is 2.19. The van der Waals surface area contributed by atoms with Gasteiger partial charge < -0.3 is 20.4 Å². The normalized spacial score (nSPS) is 12.8. The first-order valence-corrected chi connectivity index (χ1v) is 10.7. The van der Waals surface area contributed by atoms with E-state index in [0.717, 1.165) is 44.9 Å². The van der Waals surface area contributed by atoms with Gasteiger partial charge in [0.05, 0.1) is 5.52 Å². The number of aliphatic hydroxyl groups is 1. The molecule has 0 saturated heterocycles. The highest BCUT2D eigenvalue weighted by molar-refractivity contribution is 9.10. The third-order valence-electron chi connectivity index (χ3n) is 5.21. The molecule has 2 aromatic heterocycles. The monoisotopic (exact) mass is 460 g/mol. The Labute approximate surface area is 179 Å². The van der Waals surface area contributed by atoms with Crippen molar-refractivity contribution in [2.24, 2.45) is 0 Å². The number of aliphatic hydroxyl groups excluding tert-OH is 1. The van der Waals surface area contributed by atoms with Crippen LogP contribution in [0.5, 0.6) is 0 Å². The molecule has 0 fully saturated rings. The van der Waals surface area contributed by atoms with Crippen LogP contribution in [0.25, 0.3) is 10.9 Å². The molecule has 3 rings (SSSR count). The first kappa shape index (κ1) is 21.6. The first-order chi connectivity index (χ1) is 13.7. The maximum absolute atomic E-state index is 12.4. The quantitative estimate of drug-likeness (QED) is 0.395. The maximum atomic E-state index is 12.4. The number of pyridine rings is 1. The number of nitrogens with two attached hydrogens (primary N) is 1. The van der Waals surface area contributed by atoms with Gasteiger partial charge in [-0.3, -0.25) is 10.1 Å². The minimum Gasteiger partial charge on any atom is -0.385 e. The second-order valence-electron chi connectivity index (χ2n) is 7.79. The molecule has 0 aliphatic rings. The zero-order valence-corrected chi connectivity index (χ0v) is 18.9. The maximum Gasteiger partial charge on any atom is 0.254 e. The van der Waals surface area contributed by atoms with Crippen molar-refractivity contribution >= 4 is 32.7 Å². The summed E-state index contributed by atoms with van der Waals surface area (Å²) in [6, 6.07) is 6.11. The van der Waals surface area contributed by atoms with Crippen LogP contribution >= 0.6 is 15.9 Å². The molecular formula is C22H29BrN4O2. The molecule has 0 saturated carbocycles. The standard InChI is InChI=1S/C22H29BrN4O2/c1-5-6-14-7-19(24)26-22(29)17(14)10-25-21(28)16-8-15(23)9-18-20(16)13(4)11-27(18)12(2)3/h7-9,11-12,21,25,28H,5-6,10H2,1-4H3,(H3,24,26,29). The van der Waals surface area contributed by atoms with Crippen LogP contribution in [0.2, 0.25) is 0 Å². The smallest absolute Gasteiger partial charge is 0.254 e. The topological polar surface area (TPSA) is 96.1 Å². The van der Waals surface area contributed by atoms with Crippen molar-refractivity contribution in [2.75, 3.05) is 5.73 Å². The van der Waals surface area contributed by atoms with Gasteiger partial charge in [0.1, 0.15) is 12.0 Å². The van der Waals surface area contributed by atoms with E-state index in [1.807, 2.05) is 6.07 Å². The number of fused-ring (bicyclic) bond motifs is 1. The van der Waals surface area contributed by atoms with Gasteiger partial charge in [-0.05, 0) is 56.5 Å². The number of rotatable bonds is 7. The molecule has 1 unspecified atom stereocenters. The third-order valence-corrected chi connectivity index (χ3v) is 5.67. The van der Waals surface area contributed by atoms with Gasteiger partial charge in [0.25, 0.3) is 5.56 Å². The molecule has 5 N–H and O–H groups in total. The lowest BCUT2D eigenvalue weighted by Gasteiger charge is -2.18. The van der Waals surface area contributed by atoms with Crippen LogP contribution in [0.1, 0.15) is 61.7 Å². The largest absolute Gasteiger partial charge is 0.385 e. The van der Waals surface area contributed by atoms with Crippen LogP contribution in [0, 0.1) is 6.92 Å². The Balaban J connectivity index is 1.96. The first-order valence-electron chi connectivity index (χ1n) is 9.95. The summed E-state index contributed by atoms with van der Waals surface area (Å²) in [6.45, 7) is 8.64. The van der Waals surface area contributed by atoms with E-state index < -0.39 is 6.23 Å². The SMILES string of the molecule is CCCc1cc(N)[nH]c(=O)c1CNC(O)c1cc(Br)cc2c1c(C)cn2C(C)C. The Kier molecular flexibility index (Phi) is 6.51. The lowest BCUT2D eigenvalue weighted by atomic mass is 10.0. The number of aryl methyl sites for hydroxylation is 2. The predicted molar refractivity (Wildman–Crippen MR) is 122 cm³/mol. The van der Waals surface area contributed by atoms with Crippen LogP contribution in [-0.2, 0) is 13.0 Å². The van der Waals surface area contributed by atoms with E-state index in [4.69, 9.17) is 5.73 Å². The van der Waals surface area contributed by atoms with Gasteiger partial charge in [-0.25, -0.2) is 0 Å². The predicted octanol–water partition coefficient (Wildman–Crippen LogP) is 4.30. The van der Waals surface area contributed by atoms with Crippen molar-refractivity contribution in [3.63, 3.8) is 0 Å². The van der Waals surface area contributed by atoms with Crippen LogP contribution < -0.4 is 16.6 Å². The van der Waals surface area contributed by atoms with Gasteiger partial charge >= 0.3 is 0 Å². The second-order valence-corrected chi connectivity index (χ2v) is 8.71. The van der Waals surface area contributed by atoms with Crippen LogP contribution in [0.4, 0.5) is 5.82 Å². The average molecular weight is 461 g/mol. The molecular weight excluding hydrogens is 432 g/mol. The van der Waals surface area contributed by atoms with E-state index >= 15 is 0 Å². The number of nitrogens with zero attached hydrogens (tertiary/aromatic N) is 1. The molecule has 7 heteroatoms. The summed E-state index contributed by atoms with van der Waals surface area (Å²) < 4.78 is 3.10. The van der Waals surface area contributed by atoms with Crippen LogP contribution in [0.15, 0.2) is 33.7 Å². The summed E-state index contributed by atoms with van der Waals surface area (Å²) in [6.07, 6.45) is 2.87. The Morgan fingerprint density at radius 3 is 2.69 bits per heavy atom. The molecule has 0 bridgehead atoms. The lowest BCUT2D eigenvalue weighted by molar-refractivity contribution is 0.138. The third kappa shape index (κ3) is 4.42. The summed E-state index contributed by atoms with van der Waals surface area (Å²) >= 11 is 3.57. The van der Waals surface area contributed by atoms with Gasteiger partial charge in [-0.15, -0.1) is 0 Å². The van der Waals surface area contributed by atoms with E-state index in [9.17, 15) is 9.90 Å². The van der Waals surface area contributed by atoms with Crippen molar-refractivity contribution in [3.8, 4) is 0 Å². The highest BCUT2D eigenvalue weighted by Crippen LogP contribution is 2.33. The summed E-state index contributed by atoms with van der Waals surface area (Å²) in [5.74, 6) is 0.363. The van der Waals surface area contributed by atoms with Crippen molar-refractivity contribution in [1.82, 2.24) is 14.9 Å². The fourth-order valence-corrected chi connectivity index (χ4v) is 4.35. The zero-order chi connectivity index (χ0) is 21.3. The number of halogens is 1. The molecule has 2 heterocycles. The van der Waals surface area contributed by atoms with E-state index in [-0.39, 0.29) is 12.1 Å². The number of aromatic nitrogens is 2. The van der Waals surface area contributed by atoms with Gasteiger partial charge in [0, 0.05) is 39.8 Å². The average Bonchev–Trinajstić information content (AvgIpc) is 2.97. The van der Waals surface area contributed by atoms with Crippen LogP contribution in [-0.4, -0.2) is 14.7 Å². The van der Waals surface area contributed by atoms with Crippen molar-refractivity contribution in [2.45, 2.75) is 59.4 Å². The molecule has 3 aromatic rings.